The molecule has 0 bridgehead atoms. The van der Waals surface area contributed by atoms with Crippen LogP contribution in [0.2, 0.25) is 0 Å². The third-order valence-electron chi connectivity index (χ3n) is 3.05. The predicted molar refractivity (Wildman–Crippen MR) is 84.4 cm³/mol. The highest BCUT2D eigenvalue weighted by molar-refractivity contribution is 7.90. The standard InChI is InChI=1S/C14H18N4O3S/c1-10(19)15-6-3-7-16-14-12-8-11(22(2,20)21)4-5-13(12)17-9-18-14/h4-5,8-9H,3,6-7H2,1-2H3,(H,15,19)(H,16,17,18). The van der Waals surface area contributed by atoms with Gasteiger partial charge in [-0.05, 0) is 24.6 Å². The van der Waals surface area contributed by atoms with E-state index in [9.17, 15) is 13.2 Å². The summed E-state index contributed by atoms with van der Waals surface area (Å²) in [5, 5.41) is 6.51. The number of fused-ring (bicyclic) bond motifs is 1. The van der Waals surface area contributed by atoms with Crippen LogP contribution in [0.4, 0.5) is 5.82 Å². The van der Waals surface area contributed by atoms with Crippen LogP contribution in [0.1, 0.15) is 13.3 Å². The molecule has 0 unspecified atom stereocenters. The van der Waals surface area contributed by atoms with Gasteiger partial charge >= 0.3 is 0 Å². The summed E-state index contributed by atoms with van der Waals surface area (Å²) < 4.78 is 23.3. The molecule has 0 aliphatic carbocycles. The minimum Gasteiger partial charge on any atom is -0.369 e. The molecule has 0 saturated heterocycles. The van der Waals surface area contributed by atoms with E-state index in [4.69, 9.17) is 0 Å². The Bertz CT molecular complexity index is 790. The second kappa shape index (κ2) is 6.69. The van der Waals surface area contributed by atoms with Crippen molar-refractivity contribution in [2.75, 3.05) is 24.7 Å². The van der Waals surface area contributed by atoms with Gasteiger partial charge in [-0.1, -0.05) is 0 Å². The number of aromatic nitrogens is 2. The molecule has 1 amide bonds. The average molecular weight is 322 g/mol. The third-order valence-corrected chi connectivity index (χ3v) is 4.17. The molecule has 1 aromatic carbocycles. The van der Waals surface area contributed by atoms with Gasteiger partial charge in [-0.3, -0.25) is 4.79 Å². The van der Waals surface area contributed by atoms with Gasteiger partial charge in [0.2, 0.25) is 5.91 Å². The highest BCUT2D eigenvalue weighted by Gasteiger charge is 2.10. The van der Waals surface area contributed by atoms with Crippen LogP contribution < -0.4 is 10.6 Å². The monoisotopic (exact) mass is 322 g/mol. The maximum atomic E-state index is 11.6. The van der Waals surface area contributed by atoms with Gasteiger partial charge in [0, 0.05) is 31.7 Å². The number of rotatable bonds is 6. The van der Waals surface area contributed by atoms with Gasteiger partial charge in [-0.15, -0.1) is 0 Å². The lowest BCUT2D eigenvalue weighted by Gasteiger charge is -2.09. The van der Waals surface area contributed by atoms with Gasteiger partial charge < -0.3 is 10.6 Å². The number of nitrogens with one attached hydrogen (secondary N) is 2. The molecule has 22 heavy (non-hydrogen) atoms. The van der Waals surface area contributed by atoms with Gasteiger partial charge in [-0.25, -0.2) is 18.4 Å². The lowest BCUT2D eigenvalue weighted by Crippen LogP contribution is -2.22. The summed E-state index contributed by atoms with van der Waals surface area (Å²) in [5.74, 6) is 0.517. The lowest BCUT2D eigenvalue weighted by molar-refractivity contribution is -0.118. The van der Waals surface area contributed by atoms with Gasteiger partial charge in [0.25, 0.3) is 0 Å². The summed E-state index contributed by atoms with van der Waals surface area (Å²) in [6.07, 6.45) is 3.33. The second-order valence-corrected chi connectivity index (χ2v) is 6.95. The molecule has 0 aliphatic heterocycles. The molecule has 0 radical (unpaired) electrons. The van der Waals surface area contributed by atoms with Crippen LogP contribution in [0.15, 0.2) is 29.4 Å². The van der Waals surface area contributed by atoms with Crippen LogP contribution in [-0.4, -0.2) is 43.6 Å². The van der Waals surface area contributed by atoms with Crippen LogP contribution in [-0.2, 0) is 14.6 Å². The first-order chi connectivity index (χ1) is 10.4. The highest BCUT2D eigenvalue weighted by atomic mass is 32.2. The van der Waals surface area contributed by atoms with Crippen molar-refractivity contribution in [3.8, 4) is 0 Å². The molecule has 1 aromatic heterocycles. The minimum atomic E-state index is -3.28. The number of carbonyl (C=O) groups is 1. The largest absolute Gasteiger partial charge is 0.369 e. The molecule has 0 aliphatic rings. The van der Waals surface area contributed by atoms with Crippen molar-refractivity contribution in [2.45, 2.75) is 18.2 Å². The van der Waals surface area contributed by atoms with E-state index in [0.717, 1.165) is 6.42 Å². The van der Waals surface area contributed by atoms with Crippen molar-refractivity contribution in [3.63, 3.8) is 0 Å². The van der Waals surface area contributed by atoms with Gasteiger partial charge in [0.15, 0.2) is 9.84 Å². The van der Waals surface area contributed by atoms with Crippen molar-refractivity contribution < 1.29 is 13.2 Å². The molecule has 2 rings (SSSR count). The zero-order valence-electron chi connectivity index (χ0n) is 12.5. The topological polar surface area (TPSA) is 101 Å². The average Bonchev–Trinajstić information content (AvgIpc) is 2.45. The van der Waals surface area contributed by atoms with Crippen molar-refractivity contribution in [1.29, 1.82) is 0 Å². The van der Waals surface area contributed by atoms with Crippen LogP contribution in [0.3, 0.4) is 0 Å². The summed E-state index contributed by atoms with van der Waals surface area (Å²) in [4.78, 5) is 19.3. The Labute approximate surface area is 129 Å². The minimum absolute atomic E-state index is 0.0646. The molecule has 0 atom stereocenters. The van der Waals surface area contributed by atoms with Gasteiger partial charge in [0.05, 0.1) is 10.4 Å². The summed E-state index contributed by atoms with van der Waals surface area (Å²) >= 11 is 0. The van der Waals surface area contributed by atoms with Crippen LogP contribution in [0.5, 0.6) is 0 Å². The van der Waals surface area contributed by atoms with E-state index in [1.54, 1.807) is 12.1 Å². The molecule has 118 valence electrons. The Morgan fingerprint density at radius 3 is 2.68 bits per heavy atom. The zero-order chi connectivity index (χ0) is 16.2. The van der Waals surface area contributed by atoms with Crippen molar-refractivity contribution in [1.82, 2.24) is 15.3 Å². The molecular weight excluding hydrogens is 304 g/mol. The van der Waals surface area contributed by atoms with E-state index in [0.29, 0.717) is 29.8 Å². The summed E-state index contributed by atoms with van der Waals surface area (Å²) in [7, 11) is -3.28. The Morgan fingerprint density at radius 1 is 1.23 bits per heavy atom. The Morgan fingerprint density at radius 2 is 2.00 bits per heavy atom. The Hall–Kier alpha value is -2.22. The fraction of sp³-hybridized carbons (Fsp3) is 0.357. The Kier molecular flexibility index (Phi) is 4.92. The van der Waals surface area contributed by atoms with Crippen LogP contribution in [0.25, 0.3) is 10.9 Å². The number of sulfone groups is 1. The summed E-state index contributed by atoms with van der Waals surface area (Å²) in [6, 6.07) is 4.77. The third kappa shape index (κ3) is 4.14. The second-order valence-electron chi connectivity index (χ2n) is 4.94. The number of nitrogens with zero attached hydrogens (tertiary/aromatic N) is 2. The summed E-state index contributed by atoms with van der Waals surface area (Å²) in [6.45, 7) is 2.65. The molecule has 8 heteroatoms. The smallest absolute Gasteiger partial charge is 0.216 e. The van der Waals surface area contributed by atoms with Crippen molar-refractivity contribution >= 4 is 32.5 Å². The first-order valence-electron chi connectivity index (χ1n) is 6.81. The van der Waals surface area contributed by atoms with Crippen molar-refractivity contribution in [2.24, 2.45) is 0 Å². The number of benzene rings is 1. The first-order valence-corrected chi connectivity index (χ1v) is 8.70. The number of carbonyl (C=O) groups excluding carboxylic acids is 1. The number of hydrogen-bond acceptors (Lipinski definition) is 6. The van der Waals surface area contributed by atoms with E-state index in [-0.39, 0.29) is 10.8 Å². The maximum Gasteiger partial charge on any atom is 0.216 e. The number of anilines is 1. The van der Waals surface area contributed by atoms with Crippen molar-refractivity contribution in [3.05, 3.63) is 24.5 Å². The molecule has 7 nitrogen and oxygen atoms in total. The quantitative estimate of drug-likeness (QED) is 0.769. The molecule has 0 fully saturated rings. The SMILES string of the molecule is CC(=O)NCCCNc1ncnc2ccc(S(C)(=O)=O)cc12. The molecular formula is C14H18N4O3S. The molecule has 2 aromatic rings. The molecule has 1 heterocycles. The fourth-order valence-corrected chi connectivity index (χ4v) is 2.61. The summed E-state index contributed by atoms with van der Waals surface area (Å²) in [5.41, 5.74) is 0.673. The Balaban J connectivity index is 2.17. The van der Waals surface area contributed by atoms with Gasteiger partial charge in [0.1, 0.15) is 12.1 Å². The zero-order valence-corrected chi connectivity index (χ0v) is 13.3. The van der Waals surface area contributed by atoms with E-state index in [2.05, 4.69) is 20.6 Å². The highest BCUT2D eigenvalue weighted by Crippen LogP contribution is 2.22. The van der Waals surface area contributed by atoms with E-state index in [1.807, 2.05) is 0 Å². The van der Waals surface area contributed by atoms with E-state index >= 15 is 0 Å². The first kappa shape index (κ1) is 16.2. The number of amides is 1. The van der Waals surface area contributed by atoms with E-state index < -0.39 is 9.84 Å². The fourth-order valence-electron chi connectivity index (χ4n) is 1.97. The maximum absolute atomic E-state index is 11.6. The normalized spacial score (nSPS) is 11.4. The lowest BCUT2D eigenvalue weighted by atomic mass is 10.2. The van der Waals surface area contributed by atoms with E-state index in [1.165, 1.54) is 25.6 Å². The van der Waals surface area contributed by atoms with Crippen LogP contribution in [0, 0.1) is 0 Å². The van der Waals surface area contributed by atoms with Gasteiger partial charge in [-0.2, -0.15) is 0 Å². The van der Waals surface area contributed by atoms with Crippen LogP contribution >= 0.6 is 0 Å². The molecule has 0 saturated carbocycles. The molecule has 2 N–H and O–H groups in total. The predicted octanol–water partition coefficient (Wildman–Crippen LogP) is 0.971. The molecule has 0 spiro atoms. The number of hydrogen-bond donors (Lipinski definition) is 2.